The summed E-state index contributed by atoms with van der Waals surface area (Å²) in [6.45, 7) is 2.47. The van der Waals surface area contributed by atoms with E-state index in [1.807, 2.05) is 47.5 Å². The smallest absolute Gasteiger partial charge is 0.274 e. The van der Waals surface area contributed by atoms with Gasteiger partial charge in [-0.25, -0.2) is 4.98 Å². The molecule has 0 aliphatic carbocycles. The maximum absolute atomic E-state index is 13.2. The first kappa shape index (κ1) is 16.9. The summed E-state index contributed by atoms with van der Waals surface area (Å²) in [5.74, 6) is 1.09. The molecule has 28 heavy (non-hydrogen) atoms. The number of rotatable bonds is 3. The van der Waals surface area contributed by atoms with Crippen LogP contribution < -0.4 is 0 Å². The van der Waals surface area contributed by atoms with Crippen molar-refractivity contribution in [3.05, 3.63) is 54.5 Å². The van der Waals surface area contributed by atoms with Crippen molar-refractivity contribution in [1.82, 2.24) is 19.8 Å². The summed E-state index contributed by atoms with van der Waals surface area (Å²) in [5, 5.41) is 0. The van der Waals surface area contributed by atoms with Crippen LogP contribution in [0.5, 0.6) is 0 Å². The molecule has 142 valence electrons. The molecule has 1 N–H and O–H groups in total. The van der Waals surface area contributed by atoms with Crippen LogP contribution in [0, 0.1) is 0 Å². The zero-order chi connectivity index (χ0) is 19.3. The van der Waals surface area contributed by atoms with Gasteiger partial charge in [0.05, 0.1) is 23.5 Å². The zero-order valence-corrected chi connectivity index (χ0v) is 15.6. The molecule has 0 saturated carbocycles. The zero-order valence-electron chi connectivity index (χ0n) is 15.6. The number of fused-ring (bicyclic) bond motifs is 2. The molecule has 4 heterocycles. The fraction of sp³-hybridized carbons (Fsp3) is 0.333. The molecule has 3 aliphatic rings. The lowest BCUT2D eigenvalue weighted by molar-refractivity contribution is -0.138. The summed E-state index contributed by atoms with van der Waals surface area (Å²) in [6, 6.07) is 7.78. The third-order valence-electron chi connectivity index (χ3n) is 5.84. The SMILES string of the molecule is C[C@]1(CC(=O)N2CCC[C@@H]2c2nc3ccccc3[nH]2)C(=O)N=C2C=CC=CN21. The molecule has 5 rings (SSSR count). The third-order valence-corrected chi connectivity index (χ3v) is 5.84. The van der Waals surface area contributed by atoms with Gasteiger partial charge in [-0.3, -0.25) is 9.59 Å². The van der Waals surface area contributed by atoms with E-state index in [2.05, 4.69) is 15.0 Å². The van der Waals surface area contributed by atoms with E-state index in [0.29, 0.717) is 12.4 Å². The number of aliphatic imine (C=N–C) groups is 1. The van der Waals surface area contributed by atoms with E-state index in [0.717, 1.165) is 29.7 Å². The van der Waals surface area contributed by atoms with E-state index in [4.69, 9.17) is 0 Å². The number of amides is 2. The maximum atomic E-state index is 13.2. The number of allylic oxidation sites excluding steroid dienone is 2. The fourth-order valence-corrected chi connectivity index (χ4v) is 4.31. The Morgan fingerprint density at radius 3 is 3.04 bits per heavy atom. The number of aromatic amines is 1. The summed E-state index contributed by atoms with van der Waals surface area (Å²) in [4.78, 5) is 41.7. The van der Waals surface area contributed by atoms with Gasteiger partial charge in [-0.15, -0.1) is 0 Å². The lowest BCUT2D eigenvalue weighted by Crippen LogP contribution is -2.50. The van der Waals surface area contributed by atoms with E-state index in [1.54, 1.807) is 17.9 Å². The van der Waals surface area contributed by atoms with Gasteiger partial charge in [0.25, 0.3) is 5.91 Å². The molecule has 7 heteroatoms. The van der Waals surface area contributed by atoms with Gasteiger partial charge in [-0.05, 0) is 44.1 Å². The van der Waals surface area contributed by atoms with Crippen molar-refractivity contribution in [1.29, 1.82) is 0 Å². The molecule has 3 aliphatic heterocycles. The van der Waals surface area contributed by atoms with Gasteiger partial charge in [-0.1, -0.05) is 18.2 Å². The molecule has 1 saturated heterocycles. The minimum absolute atomic E-state index is 0.0433. The quantitative estimate of drug-likeness (QED) is 0.894. The minimum Gasteiger partial charge on any atom is -0.340 e. The van der Waals surface area contributed by atoms with Gasteiger partial charge >= 0.3 is 0 Å². The number of H-pyrrole nitrogens is 1. The second kappa shape index (κ2) is 6.15. The van der Waals surface area contributed by atoms with Crippen LogP contribution in [-0.4, -0.2) is 49.5 Å². The molecule has 0 unspecified atom stereocenters. The third kappa shape index (κ3) is 2.50. The first-order chi connectivity index (χ1) is 13.6. The second-order valence-corrected chi connectivity index (χ2v) is 7.68. The Morgan fingerprint density at radius 1 is 1.32 bits per heavy atom. The van der Waals surface area contributed by atoms with Crippen LogP contribution in [0.15, 0.2) is 53.7 Å². The number of para-hydroxylation sites is 2. The number of amidine groups is 1. The van der Waals surface area contributed by atoms with Crippen molar-refractivity contribution in [2.45, 2.75) is 37.8 Å². The topological polar surface area (TPSA) is 81.7 Å². The highest BCUT2D eigenvalue weighted by Gasteiger charge is 2.48. The van der Waals surface area contributed by atoms with Crippen molar-refractivity contribution < 1.29 is 9.59 Å². The van der Waals surface area contributed by atoms with Crippen molar-refractivity contribution in [3.8, 4) is 0 Å². The molecular formula is C21H21N5O2. The van der Waals surface area contributed by atoms with Gasteiger partial charge in [0.15, 0.2) is 0 Å². The van der Waals surface area contributed by atoms with Gasteiger partial charge in [0, 0.05) is 12.7 Å². The molecule has 7 nitrogen and oxygen atoms in total. The number of nitrogens with zero attached hydrogens (tertiary/aromatic N) is 4. The normalized spacial score (nSPS) is 26.2. The molecule has 1 aromatic heterocycles. The number of aromatic nitrogens is 2. The summed E-state index contributed by atoms with van der Waals surface area (Å²) >= 11 is 0. The average Bonchev–Trinajstić information content (AvgIpc) is 3.39. The number of hydrogen-bond acceptors (Lipinski definition) is 4. The van der Waals surface area contributed by atoms with Gasteiger partial charge in [-0.2, -0.15) is 4.99 Å². The van der Waals surface area contributed by atoms with E-state index in [9.17, 15) is 9.59 Å². The Bertz CT molecular complexity index is 1030. The number of hydrogen-bond donors (Lipinski definition) is 1. The minimum atomic E-state index is -0.977. The van der Waals surface area contributed by atoms with Crippen molar-refractivity contribution in [2.75, 3.05) is 6.54 Å². The van der Waals surface area contributed by atoms with Gasteiger partial charge < -0.3 is 14.8 Å². The monoisotopic (exact) mass is 375 g/mol. The Kier molecular flexibility index (Phi) is 3.72. The number of nitrogens with one attached hydrogen (secondary N) is 1. The Labute approximate surface area is 162 Å². The predicted octanol–water partition coefficient (Wildman–Crippen LogP) is 2.70. The molecule has 0 spiro atoms. The number of carbonyl (C=O) groups excluding carboxylic acids is 2. The van der Waals surface area contributed by atoms with Gasteiger partial charge in [0.2, 0.25) is 5.91 Å². The van der Waals surface area contributed by atoms with E-state index < -0.39 is 5.54 Å². The Balaban J connectivity index is 1.39. The number of benzene rings is 1. The fourth-order valence-electron chi connectivity index (χ4n) is 4.31. The molecule has 0 bridgehead atoms. The van der Waals surface area contributed by atoms with E-state index in [1.165, 1.54) is 0 Å². The summed E-state index contributed by atoms with van der Waals surface area (Å²) in [7, 11) is 0. The first-order valence-corrected chi connectivity index (χ1v) is 9.58. The lowest BCUT2D eigenvalue weighted by Gasteiger charge is -2.34. The van der Waals surface area contributed by atoms with Crippen LogP contribution in [-0.2, 0) is 9.59 Å². The first-order valence-electron chi connectivity index (χ1n) is 9.58. The maximum Gasteiger partial charge on any atom is 0.274 e. The summed E-state index contributed by atoms with van der Waals surface area (Å²) < 4.78 is 0. The van der Waals surface area contributed by atoms with Gasteiger partial charge in [0.1, 0.15) is 17.2 Å². The van der Waals surface area contributed by atoms with E-state index in [-0.39, 0.29) is 24.3 Å². The molecule has 0 radical (unpaired) electrons. The van der Waals surface area contributed by atoms with Crippen molar-refractivity contribution in [3.63, 3.8) is 0 Å². The highest BCUT2D eigenvalue weighted by Crippen LogP contribution is 2.35. The van der Waals surface area contributed by atoms with Crippen molar-refractivity contribution in [2.24, 2.45) is 4.99 Å². The Hall–Kier alpha value is -3.22. The molecule has 1 aromatic carbocycles. The second-order valence-electron chi connectivity index (χ2n) is 7.68. The summed E-state index contributed by atoms with van der Waals surface area (Å²) in [5.41, 5.74) is 0.894. The van der Waals surface area contributed by atoms with Crippen LogP contribution in [0.2, 0.25) is 0 Å². The van der Waals surface area contributed by atoms with Crippen LogP contribution in [0.1, 0.15) is 38.1 Å². The molecule has 2 amide bonds. The Morgan fingerprint density at radius 2 is 2.18 bits per heavy atom. The van der Waals surface area contributed by atoms with Crippen molar-refractivity contribution >= 4 is 28.7 Å². The number of likely N-dealkylation sites (tertiary alicyclic amines) is 1. The standard InChI is InChI=1S/C21H21N5O2/c1-21(20(28)24-17-10-4-5-12-26(17)21)13-18(27)25-11-6-9-16(25)19-22-14-7-2-3-8-15(14)23-19/h2-5,7-8,10,12,16H,6,9,11,13H2,1H3,(H,22,23)/t16-,21+/m1/s1. The number of imidazole rings is 1. The highest BCUT2D eigenvalue weighted by molar-refractivity contribution is 6.13. The molecule has 2 atom stereocenters. The summed E-state index contributed by atoms with van der Waals surface area (Å²) in [6.07, 6.45) is 9.18. The molecule has 2 aromatic rings. The lowest BCUT2D eigenvalue weighted by atomic mass is 9.94. The van der Waals surface area contributed by atoms with Crippen LogP contribution in [0.25, 0.3) is 11.0 Å². The van der Waals surface area contributed by atoms with Crippen LogP contribution in [0.4, 0.5) is 0 Å². The predicted molar refractivity (Wildman–Crippen MR) is 105 cm³/mol. The highest BCUT2D eigenvalue weighted by atomic mass is 16.2. The largest absolute Gasteiger partial charge is 0.340 e. The van der Waals surface area contributed by atoms with E-state index >= 15 is 0 Å². The molecular weight excluding hydrogens is 354 g/mol. The van der Waals surface area contributed by atoms with Crippen LogP contribution in [0.3, 0.4) is 0 Å². The average molecular weight is 375 g/mol. The van der Waals surface area contributed by atoms with Crippen LogP contribution >= 0.6 is 0 Å². The molecule has 1 fully saturated rings. The number of carbonyl (C=O) groups is 2.